The van der Waals surface area contributed by atoms with Gasteiger partial charge in [-0.1, -0.05) is 43.6 Å². The highest BCUT2D eigenvalue weighted by Gasteiger charge is 2.22. The molecule has 2 atom stereocenters. The molecule has 0 aromatic heterocycles. The predicted molar refractivity (Wildman–Crippen MR) is 79.0 cm³/mol. The van der Waals surface area contributed by atoms with Crippen molar-refractivity contribution in [2.24, 2.45) is 17.1 Å². The highest BCUT2D eigenvalue weighted by molar-refractivity contribution is 9.10. The third-order valence-electron chi connectivity index (χ3n) is 3.55. The van der Waals surface area contributed by atoms with Gasteiger partial charge in [0.1, 0.15) is 5.82 Å². The van der Waals surface area contributed by atoms with E-state index in [-0.39, 0.29) is 17.3 Å². The molecular weight excluding hydrogens is 293 g/mol. The first-order chi connectivity index (χ1) is 8.18. The first kappa shape index (κ1) is 15.6. The molecule has 0 radical (unpaired) electrons. The lowest BCUT2D eigenvalue weighted by molar-refractivity contribution is 0.233. The Balaban J connectivity index is 2.62. The Bertz CT molecular complexity index is 378. The van der Waals surface area contributed by atoms with E-state index in [0.717, 1.165) is 22.9 Å². The van der Waals surface area contributed by atoms with E-state index in [4.69, 9.17) is 5.73 Å². The van der Waals surface area contributed by atoms with Crippen LogP contribution in [0.5, 0.6) is 0 Å². The van der Waals surface area contributed by atoms with E-state index in [9.17, 15) is 4.39 Å². The number of hydrogen-bond acceptors (Lipinski definition) is 1. The van der Waals surface area contributed by atoms with Crippen molar-refractivity contribution in [1.29, 1.82) is 0 Å². The SMILES string of the molecule is CC(CC(N)Cc1cc(F)cc(Br)c1)C(C)(C)C. The Hall–Kier alpha value is -0.410. The van der Waals surface area contributed by atoms with Crippen LogP contribution in [0.1, 0.15) is 39.7 Å². The molecule has 0 aliphatic carbocycles. The Morgan fingerprint density at radius 1 is 1.28 bits per heavy atom. The molecule has 3 heteroatoms. The molecule has 2 unspecified atom stereocenters. The third-order valence-corrected chi connectivity index (χ3v) is 4.01. The van der Waals surface area contributed by atoms with Gasteiger partial charge in [0.15, 0.2) is 0 Å². The van der Waals surface area contributed by atoms with E-state index in [2.05, 4.69) is 43.6 Å². The first-order valence-corrected chi connectivity index (χ1v) is 7.18. The second-order valence-electron chi connectivity index (χ2n) is 6.24. The molecule has 0 fully saturated rings. The molecule has 0 heterocycles. The largest absolute Gasteiger partial charge is 0.327 e. The second-order valence-corrected chi connectivity index (χ2v) is 7.16. The number of hydrogen-bond donors (Lipinski definition) is 1. The molecule has 1 aromatic rings. The molecule has 2 N–H and O–H groups in total. The standard InChI is InChI=1S/C15H23BrFN/c1-10(15(2,3)4)5-14(18)8-11-6-12(16)9-13(17)7-11/h6-7,9-10,14H,5,8,18H2,1-4H3. The molecule has 0 saturated carbocycles. The topological polar surface area (TPSA) is 26.0 Å². The molecule has 0 saturated heterocycles. The van der Waals surface area contributed by atoms with E-state index < -0.39 is 0 Å². The van der Waals surface area contributed by atoms with Crippen molar-refractivity contribution in [3.8, 4) is 0 Å². The molecule has 0 amide bonds. The minimum atomic E-state index is -0.213. The van der Waals surface area contributed by atoms with Crippen molar-refractivity contribution in [3.63, 3.8) is 0 Å². The summed E-state index contributed by atoms with van der Waals surface area (Å²) in [6.07, 6.45) is 1.68. The van der Waals surface area contributed by atoms with Crippen LogP contribution in [-0.4, -0.2) is 6.04 Å². The van der Waals surface area contributed by atoms with Crippen molar-refractivity contribution in [3.05, 3.63) is 34.1 Å². The quantitative estimate of drug-likeness (QED) is 0.868. The van der Waals surface area contributed by atoms with Crippen molar-refractivity contribution in [2.45, 2.75) is 46.6 Å². The summed E-state index contributed by atoms with van der Waals surface area (Å²) < 4.78 is 14.0. The molecule has 0 bridgehead atoms. The van der Waals surface area contributed by atoms with Gasteiger partial charge < -0.3 is 5.73 Å². The zero-order chi connectivity index (χ0) is 13.9. The second kappa shape index (κ2) is 6.16. The van der Waals surface area contributed by atoms with Crippen LogP contribution in [0.4, 0.5) is 4.39 Å². The lowest BCUT2D eigenvalue weighted by Crippen LogP contribution is -2.30. The Kier molecular flexibility index (Phi) is 5.35. The lowest BCUT2D eigenvalue weighted by Gasteiger charge is -2.29. The summed E-state index contributed by atoms with van der Waals surface area (Å²) in [6, 6.07) is 5.04. The Morgan fingerprint density at radius 3 is 2.39 bits per heavy atom. The molecule has 1 aromatic carbocycles. The highest BCUT2D eigenvalue weighted by atomic mass is 79.9. The van der Waals surface area contributed by atoms with E-state index in [1.807, 2.05) is 6.07 Å². The molecule has 0 aliphatic rings. The summed E-state index contributed by atoms with van der Waals surface area (Å²) in [4.78, 5) is 0. The van der Waals surface area contributed by atoms with Crippen molar-refractivity contribution >= 4 is 15.9 Å². The van der Waals surface area contributed by atoms with Gasteiger partial charge in [0.05, 0.1) is 0 Å². The van der Waals surface area contributed by atoms with Crippen LogP contribution in [0.2, 0.25) is 0 Å². The molecule has 0 aliphatic heterocycles. The number of halogens is 2. The number of benzene rings is 1. The van der Waals surface area contributed by atoms with Crippen LogP contribution < -0.4 is 5.73 Å². The first-order valence-electron chi connectivity index (χ1n) is 6.39. The zero-order valence-corrected chi connectivity index (χ0v) is 13.2. The summed E-state index contributed by atoms with van der Waals surface area (Å²) in [5.74, 6) is 0.333. The van der Waals surface area contributed by atoms with E-state index in [0.29, 0.717) is 5.92 Å². The molecule has 1 rings (SSSR count). The van der Waals surface area contributed by atoms with Gasteiger partial charge >= 0.3 is 0 Å². The van der Waals surface area contributed by atoms with Crippen molar-refractivity contribution in [1.82, 2.24) is 0 Å². The van der Waals surface area contributed by atoms with E-state index in [1.54, 1.807) is 6.07 Å². The zero-order valence-electron chi connectivity index (χ0n) is 11.6. The summed E-state index contributed by atoms with van der Waals surface area (Å²) in [5.41, 5.74) is 7.38. The van der Waals surface area contributed by atoms with Crippen LogP contribution >= 0.6 is 15.9 Å². The number of rotatable bonds is 4. The van der Waals surface area contributed by atoms with Gasteiger partial charge in [-0.3, -0.25) is 0 Å². The van der Waals surface area contributed by atoms with Crippen LogP contribution in [0.25, 0.3) is 0 Å². The van der Waals surface area contributed by atoms with Crippen LogP contribution in [0, 0.1) is 17.2 Å². The normalized spacial score (nSPS) is 15.5. The molecular formula is C15H23BrFN. The van der Waals surface area contributed by atoms with Crippen molar-refractivity contribution < 1.29 is 4.39 Å². The van der Waals surface area contributed by atoms with Gasteiger partial charge in [0.25, 0.3) is 0 Å². The predicted octanol–water partition coefficient (Wildman–Crippen LogP) is 4.53. The Morgan fingerprint density at radius 2 is 1.89 bits per heavy atom. The van der Waals surface area contributed by atoms with E-state index in [1.165, 1.54) is 6.07 Å². The maximum Gasteiger partial charge on any atom is 0.124 e. The van der Waals surface area contributed by atoms with Crippen molar-refractivity contribution in [2.75, 3.05) is 0 Å². The summed E-state index contributed by atoms with van der Waals surface area (Å²) in [6.45, 7) is 8.90. The third kappa shape index (κ3) is 5.07. The summed E-state index contributed by atoms with van der Waals surface area (Å²) in [7, 11) is 0. The van der Waals surface area contributed by atoms with E-state index >= 15 is 0 Å². The van der Waals surface area contributed by atoms with Gasteiger partial charge in [-0.15, -0.1) is 0 Å². The molecule has 102 valence electrons. The fourth-order valence-electron chi connectivity index (χ4n) is 1.92. The maximum absolute atomic E-state index is 13.3. The molecule has 0 spiro atoms. The average molecular weight is 316 g/mol. The fraction of sp³-hybridized carbons (Fsp3) is 0.600. The smallest absolute Gasteiger partial charge is 0.124 e. The van der Waals surface area contributed by atoms with Gasteiger partial charge in [0.2, 0.25) is 0 Å². The molecule has 18 heavy (non-hydrogen) atoms. The van der Waals surface area contributed by atoms with Gasteiger partial charge in [-0.05, 0) is 47.9 Å². The average Bonchev–Trinajstić information content (AvgIpc) is 2.13. The monoisotopic (exact) mass is 315 g/mol. The summed E-state index contributed by atoms with van der Waals surface area (Å²) >= 11 is 3.30. The molecule has 1 nitrogen and oxygen atoms in total. The number of nitrogens with two attached hydrogens (primary N) is 1. The van der Waals surface area contributed by atoms with Crippen LogP contribution in [0.3, 0.4) is 0 Å². The fourth-order valence-corrected chi connectivity index (χ4v) is 2.44. The van der Waals surface area contributed by atoms with Gasteiger partial charge in [0, 0.05) is 10.5 Å². The maximum atomic E-state index is 13.3. The lowest BCUT2D eigenvalue weighted by atomic mass is 9.78. The minimum absolute atomic E-state index is 0.0768. The Labute approximate surface area is 118 Å². The van der Waals surface area contributed by atoms with Gasteiger partial charge in [-0.2, -0.15) is 0 Å². The summed E-state index contributed by atoms with van der Waals surface area (Å²) in [5, 5.41) is 0. The highest BCUT2D eigenvalue weighted by Crippen LogP contribution is 2.29. The van der Waals surface area contributed by atoms with Crippen LogP contribution in [-0.2, 0) is 6.42 Å². The minimum Gasteiger partial charge on any atom is -0.327 e. The van der Waals surface area contributed by atoms with Gasteiger partial charge in [-0.25, -0.2) is 4.39 Å². The van der Waals surface area contributed by atoms with Crippen LogP contribution in [0.15, 0.2) is 22.7 Å².